The van der Waals surface area contributed by atoms with Crippen molar-refractivity contribution in [1.29, 1.82) is 0 Å². The molecule has 60 heavy (non-hydrogen) atoms. The lowest BCUT2D eigenvalue weighted by Gasteiger charge is -2.18. The smallest absolute Gasteiger partial charge is 0.306 e. The van der Waals surface area contributed by atoms with Crippen LogP contribution in [0.3, 0.4) is 0 Å². The molecule has 0 aromatic rings. The highest BCUT2D eigenvalue weighted by Crippen LogP contribution is 2.15. The van der Waals surface area contributed by atoms with E-state index in [0.29, 0.717) is 19.3 Å². The van der Waals surface area contributed by atoms with E-state index in [1.807, 2.05) is 0 Å². The van der Waals surface area contributed by atoms with E-state index in [-0.39, 0.29) is 31.1 Å². The van der Waals surface area contributed by atoms with Crippen molar-refractivity contribution in [2.24, 2.45) is 0 Å². The van der Waals surface area contributed by atoms with Crippen LogP contribution < -0.4 is 0 Å². The van der Waals surface area contributed by atoms with Crippen molar-refractivity contribution < 1.29 is 28.6 Å². The summed E-state index contributed by atoms with van der Waals surface area (Å²) in [6.45, 7) is 6.58. The minimum Gasteiger partial charge on any atom is -0.462 e. The van der Waals surface area contributed by atoms with Crippen LogP contribution in [-0.2, 0) is 28.6 Å². The maximum atomic E-state index is 12.8. The van der Waals surface area contributed by atoms with Crippen LogP contribution in [0.15, 0.2) is 36.5 Å². The van der Waals surface area contributed by atoms with E-state index in [0.717, 1.165) is 83.5 Å². The van der Waals surface area contributed by atoms with Gasteiger partial charge in [-0.05, 0) is 70.6 Å². The summed E-state index contributed by atoms with van der Waals surface area (Å²) >= 11 is 0. The van der Waals surface area contributed by atoms with Gasteiger partial charge < -0.3 is 14.2 Å². The maximum Gasteiger partial charge on any atom is 0.306 e. The standard InChI is InChI=1S/C54H98O6/c1-4-7-10-13-16-19-22-24-26-28-29-32-35-38-41-44-47-53(56)59-50-51(49-58-52(55)46-43-40-37-34-31-21-18-15-12-9-6-3)60-54(57)48-45-42-39-36-33-30-27-25-23-20-17-14-11-8-5-2/h15,18-19,22,26,28,51H,4-14,16-17,20-21,23-25,27,29-50H2,1-3H3/b18-15-,22-19-,28-26-. The van der Waals surface area contributed by atoms with Crippen LogP contribution in [0.5, 0.6) is 0 Å². The van der Waals surface area contributed by atoms with Crippen LogP contribution in [0.4, 0.5) is 0 Å². The van der Waals surface area contributed by atoms with Crippen molar-refractivity contribution in [2.45, 2.75) is 277 Å². The van der Waals surface area contributed by atoms with Crippen molar-refractivity contribution in [1.82, 2.24) is 0 Å². The van der Waals surface area contributed by atoms with Crippen LogP contribution in [0.1, 0.15) is 271 Å². The van der Waals surface area contributed by atoms with Crippen LogP contribution in [-0.4, -0.2) is 37.2 Å². The monoisotopic (exact) mass is 843 g/mol. The summed E-state index contributed by atoms with van der Waals surface area (Å²) in [6, 6.07) is 0. The summed E-state index contributed by atoms with van der Waals surface area (Å²) in [5, 5.41) is 0. The maximum absolute atomic E-state index is 12.8. The fourth-order valence-electron chi connectivity index (χ4n) is 7.39. The second-order valence-electron chi connectivity index (χ2n) is 17.4. The number of rotatable bonds is 47. The second-order valence-corrected chi connectivity index (χ2v) is 17.4. The van der Waals surface area contributed by atoms with E-state index in [9.17, 15) is 14.4 Å². The number of hydrogen-bond acceptors (Lipinski definition) is 6. The minimum atomic E-state index is -0.776. The molecule has 0 aromatic heterocycles. The van der Waals surface area contributed by atoms with E-state index in [1.165, 1.54) is 148 Å². The van der Waals surface area contributed by atoms with Gasteiger partial charge in [-0.3, -0.25) is 14.4 Å². The molecule has 0 radical (unpaired) electrons. The summed E-state index contributed by atoms with van der Waals surface area (Å²) in [5.41, 5.74) is 0. The Morgan fingerprint density at radius 3 is 1.00 bits per heavy atom. The Bertz CT molecular complexity index is 1020. The molecule has 6 nitrogen and oxygen atoms in total. The highest BCUT2D eigenvalue weighted by Gasteiger charge is 2.19. The third-order valence-electron chi connectivity index (χ3n) is 11.4. The van der Waals surface area contributed by atoms with Crippen LogP contribution in [0.25, 0.3) is 0 Å². The van der Waals surface area contributed by atoms with E-state index < -0.39 is 6.10 Å². The molecule has 0 fully saturated rings. The van der Waals surface area contributed by atoms with Gasteiger partial charge in [-0.25, -0.2) is 0 Å². The number of carbonyl (C=O) groups excluding carboxylic acids is 3. The van der Waals surface area contributed by atoms with Crippen molar-refractivity contribution in [2.75, 3.05) is 13.2 Å². The van der Waals surface area contributed by atoms with Gasteiger partial charge in [0.25, 0.3) is 0 Å². The van der Waals surface area contributed by atoms with Crippen LogP contribution in [0.2, 0.25) is 0 Å². The summed E-state index contributed by atoms with van der Waals surface area (Å²) < 4.78 is 16.8. The van der Waals surface area contributed by atoms with Crippen molar-refractivity contribution in [3.63, 3.8) is 0 Å². The molecule has 0 aliphatic heterocycles. The van der Waals surface area contributed by atoms with E-state index in [2.05, 4.69) is 57.2 Å². The third kappa shape index (κ3) is 46.7. The lowest BCUT2D eigenvalue weighted by atomic mass is 10.0. The molecule has 0 heterocycles. The fraction of sp³-hybridized carbons (Fsp3) is 0.833. The highest BCUT2D eigenvalue weighted by molar-refractivity contribution is 5.71. The lowest BCUT2D eigenvalue weighted by molar-refractivity contribution is -0.167. The van der Waals surface area contributed by atoms with Gasteiger partial charge in [0, 0.05) is 19.3 Å². The molecular formula is C54H98O6. The molecule has 0 bridgehead atoms. The van der Waals surface area contributed by atoms with Crippen molar-refractivity contribution >= 4 is 17.9 Å². The predicted molar refractivity (Wildman–Crippen MR) is 256 cm³/mol. The average Bonchev–Trinajstić information content (AvgIpc) is 3.24. The SMILES string of the molecule is CCCC/C=C\CCCCCCCC(=O)OCC(COC(=O)CCCCCCC/C=C\C/C=C\CCCCCC)OC(=O)CCCCCCCCCCCCCCCCC. The molecule has 0 rings (SSSR count). The van der Waals surface area contributed by atoms with Gasteiger partial charge in [0.2, 0.25) is 0 Å². The Balaban J connectivity index is 4.36. The Hall–Kier alpha value is -2.37. The lowest BCUT2D eigenvalue weighted by Crippen LogP contribution is -2.30. The highest BCUT2D eigenvalue weighted by atomic mass is 16.6. The molecule has 0 aliphatic carbocycles. The molecule has 0 amide bonds. The van der Waals surface area contributed by atoms with Gasteiger partial charge in [-0.1, -0.05) is 218 Å². The summed E-state index contributed by atoms with van der Waals surface area (Å²) in [5.74, 6) is -0.891. The predicted octanol–water partition coefficient (Wildman–Crippen LogP) is 16.9. The molecule has 0 aromatic carbocycles. The average molecular weight is 843 g/mol. The van der Waals surface area contributed by atoms with Gasteiger partial charge in [0.15, 0.2) is 6.10 Å². The molecule has 0 spiro atoms. The molecule has 0 saturated carbocycles. The summed E-state index contributed by atoms with van der Waals surface area (Å²) in [7, 11) is 0. The number of allylic oxidation sites excluding steroid dienone is 6. The van der Waals surface area contributed by atoms with Crippen molar-refractivity contribution in [3.8, 4) is 0 Å². The van der Waals surface area contributed by atoms with Crippen LogP contribution >= 0.6 is 0 Å². The molecule has 0 aliphatic rings. The Morgan fingerprint density at radius 1 is 0.333 bits per heavy atom. The first-order valence-electron chi connectivity index (χ1n) is 26.0. The van der Waals surface area contributed by atoms with Gasteiger partial charge in [-0.2, -0.15) is 0 Å². The Morgan fingerprint density at radius 2 is 0.617 bits per heavy atom. The molecule has 1 atom stereocenters. The zero-order chi connectivity index (χ0) is 43.7. The molecular weight excluding hydrogens is 745 g/mol. The number of esters is 3. The molecule has 1 unspecified atom stereocenters. The third-order valence-corrected chi connectivity index (χ3v) is 11.4. The van der Waals surface area contributed by atoms with E-state index >= 15 is 0 Å². The summed E-state index contributed by atoms with van der Waals surface area (Å²) in [4.78, 5) is 37.9. The number of unbranched alkanes of at least 4 members (excludes halogenated alkanes) is 30. The molecule has 0 saturated heterocycles. The van der Waals surface area contributed by atoms with Gasteiger partial charge in [-0.15, -0.1) is 0 Å². The van der Waals surface area contributed by atoms with Gasteiger partial charge >= 0.3 is 17.9 Å². The molecule has 350 valence electrons. The van der Waals surface area contributed by atoms with Gasteiger partial charge in [0.1, 0.15) is 13.2 Å². The summed E-state index contributed by atoms with van der Waals surface area (Å²) in [6.07, 6.45) is 56.9. The van der Waals surface area contributed by atoms with Crippen molar-refractivity contribution in [3.05, 3.63) is 36.5 Å². The first kappa shape index (κ1) is 57.6. The zero-order valence-electron chi connectivity index (χ0n) is 40.0. The zero-order valence-corrected chi connectivity index (χ0v) is 40.0. The first-order chi connectivity index (χ1) is 29.5. The number of carbonyl (C=O) groups is 3. The largest absolute Gasteiger partial charge is 0.462 e. The Kier molecular flexibility index (Phi) is 47.3. The second kappa shape index (κ2) is 49.3. The molecule has 6 heteroatoms. The topological polar surface area (TPSA) is 78.9 Å². The minimum absolute atomic E-state index is 0.0785. The molecule has 0 N–H and O–H groups in total. The first-order valence-corrected chi connectivity index (χ1v) is 26.0. The van der Waals surface area contributed by atoms with E-state index in [4.69, 9.17) is 14.2 Å². The van der Waals surface area contributed by atoms with E-state index in [1.54, 1.807) is 0 Å². The fourth-order valence-corrected chi connectivity index (χ4v) is 7.39. The number of ether oxygens (including phenoxy) is 3. The van der Waals surface area contributed by atoms with Gasteiger partial charge in [0.05, 0.1) is 0 Å². The van der Waals surface area contributed by atoms with Crippen LogP contribution in [0, 0.1) is 0 Å². The quantitative estimate of drug-likeness (QED) is 0.0263. The normalized spacial score (nSPS) is 12.2. The number of hydrogen-bond donors (Lipinski definition) is 0. The Labute approximate surface area is 372 Å².